The number of aryl methyl sites for hydroxylation is 1. The molecule has 2 aromatic rings. The van der Waals surface area contributed by atoms with E-state index < -0.39 is 5.97 Å². The lowest BCUT2D eigenvalue weighted by Crippen LogP contribution is -2.02. The number of furan rings is 1. The van der Waals surface area contributed by atoms with Crippen LogP contribution in [0, 0.1) is 6.92 Å². The van der Waals surface area contributed by atoms with E-state index in [0.717, 1.165) is 5.56 Å². The summed E-state index contributed by atoms with van der Waals surface area (Å²) < 4.78 is 5.67. The smallest absolute Gasteiger partial charge is 0.371 e. The molecule has 1 N–H and O–H groups in total. The molecule has 0 atom stereocenters. The minimum atomic E-state index is -1.20. The van der Waals surface area contributed by atoms with Crippen LogP contribution in [0.15, 0.2) is 39.2 Å². The Bertz CT molecular complexity index is 628. The van der Waals surface area contributed by atoms with E-state index in [1.54, 1.807) is 12.1 Å². The molecule has 92 valence electrons. The molecular weight excluding hydrogens is 300 g/mol. The summed E-state index contributed by atoms with van der Waals surface area (Å²) in [5.41, 5.74) is 1.37. The van der Waals surface area contributed by atoms with Gasteiger partial charge in [0, 0.05) is 10.0 Å². The number of hydrogen-bond donors (Lipinski definition) is 1. The third-order valence-electron chi connectivity index (χ3n) is 2.48. The van der Waals surface area contributed by atoms with Crippen molar-refractivity contribution in [3.8, 4) is 0 Å². The van der Waals surface area contributed by atoms with E-state index in [-0.39, 0.29) is 17.3 Å². The van der Waals surface area contributed by atoms with Gasteiger partial charge in [0.1, 0.15) is 0 Å². The first-order valence-corrected chi connectivity index (χ1v) is 5.93. The van der Waals surface area contributed by atoms with Gasteiger partial charge in [0.05, 0.1) is 0 Å². The van der Waals surface area contributed by atoms with Crippen molar-refractivity contribution in [3.05, 3.63) is 57.5 Å². The molecule has 0 unspecified atom stereocenters. The highest BCUT2D eigenvalue weighted by Gasteiger charge is 2.19. The second kappa shape index (κ2) is 4.78. The Hall–Kier alpha value is -1.88. The van der Waals surface area contributed by atoms with Gasteiger partial charge in [-0.1, -0.05) is 12.1 Å². The molecule has 1 heterocycles. The number of aromatic carboxylic acids is 1. The first-order chi connectivity index (χ1) is 8.50. The fourth-order valence-electron chi connectivity index (χ4n) is 1.53. The minimum Gasteiger partial charge on any atom is -0.475 e. The van der Waals surface area contributed by atoms with Gasteiger partial charge in [0.2, 0.25) is 11.5 Å². The van der Waals surface area contributed by atoms with Gasteiger partial charge >= 0.3 is 5.97 Å². The van der Waals surface area contributed by atoms with Crippen molar-refractivity contribution in [1.29, 1.82) is 0 Å². The van der Waals surface area contributed by atoms with E-state index in [1.165, 1.54) is 12.1 Å². The molecule has 5 heteroatoms. The Morgan fingerprint density at radius 3 is 2.44 bits per heavy atom. The molecule has 0 aliphatic carbocycles. The summed E-state index contributed by atoms with van der Waals surface area (Å²) in [6, 6.07) is 7.91. The first-order valence-electron chi connectivity index (χ1n) is 5.13. The van der Waals surface area contributed by atoms with Gasteiger partial charge in [-0.2, -0.15) is 0 Å². The molecule has 4 nitrogen and oxygen atoms in total. The Morgan fingerprint density at radius 2 is 1.83 bits per heavy atom. The van der Waals surface area contributed by atoms with E-state index in [9.17, 15) is 9.59 Å². The molecule has 0 spiro atoms. The molecule has 2 rings (SSSR count). The van der Waals surface area contributed by atoms with E-state index in [2.05, 4.69) is 15.9 Å². The Morgan fingerprint density at radius 1 is 1.17 bits per heavy atom. The molecule has 1 aromatic carbocycles. The van der Waals surface area contributed by atoms with Crippen LogP contribution in [-0.4, -0.2) is 16.9 Å². The van der Waals surface area contributed by atoms with Gasteiger partial charge in [-0.25, -0.2) is 4.79 Å². The van der Waals surface area contributed by atoms with Crippen LogP contribution in [-0.2, 0) is 0 Å². The van der Waals surface area contributed by atoms with Crippen LogP contribution in [0.25, 0.3) is 0 Å². The second-order valence-corrected chi connectivity index (χ2v) is 4.53. The normalized spacial score (nSPS) is 10.3. The standard InChI is InChI=1S/C13H9BrO4/c1-7-3-2-4-8(11(7)14)12(15)9-5-6-10(18-9)13(16)17/h2-6H,1H3,(H,16,17). The topological polar surface area (TPSA) is 67.5 Å². The molecule has 0 saturated heterocycles. The van der Waals surface area contributed by atoms with Crippen LogP contribution in [0.2, 0.25) is 0 Å². The molecule has 0 aliphatic rings. The summed E-state index contributed by atoms with van der Waals surface area (Å²) in [5, 5.41) is 8.73. The summed E-state index contributed by atoms with van der Waals surface area (Å²) >= 11 is 3.33. The molecule has 0 bridgehead atoms. The van der Waals surface area contributed by atoms with Crippen LogP contribution in [0.4, 0.5) is 0 Å². The summed E-state index contributed by atoms with van der Waals surface area (Å²) in [6.45, 7) is 1.87. The highest BCUT2D eigenvalue weighted by molar-refractivity contribution is 9.10. The second-order valence-electron chi connectivity index (χ2n) is 3.73. The minimum absolute atomic E-state index is 0.0127. The first kappa shape index (κ1) is 12.6. The molecule has 0 aliphatic heterocycles. The maximum Gasteiger partial charge on any atom is 0.371 e. The molecule has 0 amide bonds. The lowest BCUT2D eigenvalue weighted by atomic mass is 10.1. The van der Waals surface area contributed by atoms with Crippen molar-refractivity contribution >= 4 is 27.7 Å². The maximum atomic E-state index is 12.1. The number of rotatable bonds is 3. The van der Waals surface area contributed by atoms with Gasteiger partial charge in [-0.05, 0) is 46.6 Å². The van der Waals surface area contributed by atoms with Crippen molar-refractivity contribution in [2.45, 2.75) is 6.92 Å². The number of carbonyl (C=O) groups is 2. The molecule has 0 saturated carbocycles. The van der Waals surface area contributed by atoms with Gasteiger partial charge in [0.25, 0.3) is 0 Å². The quantitative estimate of drug-likeness (QED) is 0.884. The van der Waals surface area contributed by atoms with Crippen LogP contribution < -0.4 is 0 Å². The van der Waals surface area contributed by atoms with Gasteiger partial charge in [-0.3, -0.25) is 4.79 Å². The predicted octanol–water partition coefficient (Wildman–Crippen LogP) is 3.28. The van der Waals surface area contributed by atoms with E-state index in [1.807, 2.05) is 13.0 Å². The number of ketones is 1. The number of benzene rings is 1. The number of hydrogen-bond acceptors (Lipinski definition) is 3. The van der Waals surface area contributed by atoms with Gasteiger partial charge in [-0.15, -0.1) is 0 Å². The monoisotopic (exact) mass is 308 g/mol. The fraction of sp³-hybridized carbons (Fsp3) is 0.0769. The van der Waals surface area contributed by atoms with Crippen molar-refractivity contribution in [2.24, 2.45) is 0 Å². The van der Waals surface area contributed by atoms with Crippen LogP contribution in [0.5, 0.6) is 0 Å². The van der Waals surface area contributed by atoms with E-state index >= 15 is 0 Å². The molecule has 0 fully saturated rings. The van der Waals surface area contributed by atoms with Crippen molar-refractivity contribution in [2.75, 3.05) is 0 Å². The zero-order valence-electron chi connectivity index (χ0n) is 9.44. The van der Waals surface area contributed by atoms with Crippen LogP contribution in [0.3, 0.4) is 0 Å². The zero-order valence-corrected chi connectivity index (χ0v) is 11.0. The summed E-state index contributed by atoms with van der Waals surface area (Å²) in [6.07, 6.45) is 0. The zero-order chi connectivity index (χ0) is 13.3. The number of carboxylic acid groups (broad SMARTS) is 1. The summed E-state index contributed by atoms with van der Waals surface area (Å²) in [7, 11) is 0. The largest absolute Gasteiger partial charge is 0.475 e. The SMILES string of the molecule is Cc1cccc(C(=O)c2ccc(C(=O)O)o2)c1Br. The van der Waals surface area contributed by atoms with Crippen molar-refractivity contribution in [3.63, 3.8) is 0 Å². The molecule has 1 aromatic heterocycles. The van der Waals surface area contributed by atoms with Crippen LogP contribution >= 0.6 is 15.9 Å². The predicted molar refractivity (Wildman–Crippen MR) is 68.0 cm³/mol. The Labute approximate surface area is 111 Å². The number of halogens is 1. The Balaban J connectivity index is 2.41. The molecular formula is C13H9BrO4. The van der Waals surface area contributed by atoms with Gasteiger partial charge < -0.3 is 9.52 Å². The Kier molecular flexibility index (Phi) is 3.34. The van der Waals surface area contributed by atoms with Gasteiger partial charge in [0.15, 0.2) is 5.76 Å². The highest BCUT2D eigenvalue weighted by atomic mass is 79.9. The maximum absolute atomic E-state index is 12.1. The lowest BCUT2D eigenvalue weighted by molar-refractivity contribution is 0.0660. The van der Waals surface area contributed by atoms with E-state index in [4.69, 9.17) is 9.52 Å². The number of carbonyl (C=O) groups excluding carboxylic acids is 1. The lowest BCUT2D eigenvalue weighted by Gasteiger charge is -2.03. The molecule has 18 heavy (non-hydrogen) atoms. The van der Waals surface area contributed by atoms with Crippen molar-refractivity contribution in [1.82, 2.24) is 0 Å². The van der Waals surface area contributed by atoms with E-state index in [0.29, 0.717) is 10.0 Å². The highest BCUT2D eigenvalue weighted by Crippen LogP contribution is 2.24. The third kappa shape index (κ3) is 2.22. The summed E-state index contributed by atoms with van der Waals surface area (Å²) in [5.74, 6) is -1.78. The van der Waals surface area contributed by atoms with Crippen LogP contribution in [0.1, 0.15) is 32.2 Å². The fourth-order valence-corrected chi connectivity index (χ4v) is 1.97. The third-order valence-corrected chi connectivity index (χ3v) is 3.53. The molecule has 0 radical (unpaired) electrons. The summed E-state index contributed by atoms with van der Waals surface area (Å²) in [4.78, 5) is 22.8. The van der Waals surface area contributed by atoms with Crippen molar-refractivity contribution < 1.29 is 19.1 Å². The average molecular weight is 309 g/mol. The average Bonchev–Trinajstić information content (AvgIpc) is 2.81. The number of carboxylic acids is 1.